The number of ether oxygens (including phenoxy) is 1. The Morgan fingerprint density at radius 3 is 2.96 bits per heavy atom. The first kappa shape index (κ1) is 15.1. The van der Waals surface area contributed by atoms with E-state index in [-0.39, 0.29) is 0 Å². The van der Waals surface area contributed by atoms with E-state index in [0.29, 0.717) is 0 Å². The minimum Gasteiger partial charge on any atom is -0.381 e. The number of fused-ring (bicyclic) bond motifs is 1. The number of anilines is 1. The van der Waals surface area contributed by atoms with Crippen LogP contribution in [0.15, 0.2) is 48.7 Å². The lowest BCUT2D eigenvalue weighted by atomic mass is 10.0. The van der Waals surface area contributed by atoms with Gasteiger partial charge in [-0.15, -0.1) is 0 Å². The monoisotopic (exact) mass is 322 g/mol. The molecule has 0 spiro atoms. The maximum Gasteiger partial charge on any atom is 0.157 e. The smallest absolute Gasteiger partial charge is 0.157 e. The predicted molar refractivity (Wildman–Crippen MR) is 95.1 cm³/mol. The topological polar surface area (TPSA) is 51.5 Å². The molecule has 3 aromatic rings. The van der Waals surface area contributed by atoms with Crippen molar-refractivity contribution >= 4 is 11.5 Å². The molecule has 0 unspecified atom stereocenters. The highest BCUT2D eigenvalue weighted by Gasteiger charge is 2.15. The van der Waals surface area contributed by atoms with Crippen LogP contribution in [0.25, 0.3) is 16.9 Å². The fourth-order valence-corrected chi connectivity index (χ4v) is 3.21. The van der Waals surface area contributed by atoms with Gasteiger partial charge in [-0.1, -0.05) is 30.3 Å². The molecule has 5 heteroatoms. The van der Waals surface area contributed by atoms with Gasteiger partial charge in [0.2, 0.25) is 0 Å². The van der Waals surface area contributed by atoms with Crippen molar-refractivity contribution < 1.29 is 4.74 Å². The molecule has 4 rings (SSSR count). The van der Waals surface area contributed by atoms with Gasteiger partial charge in [0.05, 0.1) is 11.9 Å². The zero-order chi connectivity index (χ0) is 16.2. The Morgan fingerprint density at radius 2 is 2.12 bits per heavy atom. The van der Waals surface area contributed by atoms with Gasteiger partial charge in [-0.3, -0.25) is 0 Å². The van der Waals surface area contributed by atoms with Gasteiger partial charge in [0.25, 0.3) is 0 Å². The predicted octanol–water partition coefficient (Wildman–Crippen LogP) is 3.62. The standard InChI is InChI=1S/C19H22N4O/c1-2-6-16(7-3-1)17-13-19(23-18(22-17)8-11-21-23)20-10-4-5-15-9-12-24-14-15/h1-3,6-8,11,13,15,20H,4-5,9-10,12,14H2/t15-/m1/s1. The van der Waals surface area contributed by atoms with Gasteiger partial charge < -0.3 is 10.1 Å². The number of aromatic nitrogens is 3. The van der Waals surface area contributed by atoms with Crippen LogP contribution in [0.5, 0.6) is 0 Å². The minimum absolute atomic E-state index is 0.730. The second-order valence-electron chi connectivity index (χ2n) is 6.29. The molecule has 3 heterocycles. The lowest BCUT2D eigenvalue weighted by Gasteiger charge is -2.12. The van der Waals surface area contributed by atoms with Crippen molar-refractivity contribution in [1.82, 2.24) is 14.6 Å². The largest absolute Gasteiger partial charge is 0.381 e. The zero-order valence-electron chi connectivity index (χ0n) is 13.7. The molecule has 1 N–H and O–H groups in total. The van der Waals surface area contributed by atoms with E-state index < -0.39 is 0 Å². The van der Waals surface area contributed by atoms with E-state index in [1.54, 1.807) is 6.20 Å². The summed E-state index contributed by atoms with van der Waals surface area (Å²) in [4.78, 5) is 4.70. The molecule has 0 saturated carbocycles. The second kappa shape index (κ2) is 7.01. The second-order valence-corrected chi connectivity index (χ2v) is 6.29. The van der Waals surface area contributed by atoms with Crippen LogP contribution in [-0.4, -0.2) is 34.4 Å². The molecule has 0 amide bonds. The summed E-state index contributed by atoms with van der Waals surface area (Å²) in [5, 5.41) is 7.91. The van der Waals surface area contributed by atoms with E-state index in [9.17, 15) is 0 Å². The van der Waals surface area contributed by atoms with Crippen molar-refractivity contribution in [3.63, 3.8) is 0 Å². The van der Waals surface area contributed by atoms with Crippen LogP contribution in [-0.2, 0) is 4.74 Å². The lowest BCUT2D eigenvalue weighted by Crippen LogP contribution is -2.10. The third-order valence-electron chi connectivity index (χ3n) is 4.55. The summed E-state index contributed by atoms with van der Waals surface area (Å²) >= 11 is 0. The third-order valence-corrected chi connectivity index (χ3v) is 4.55. The fraction of sp³-hybridized carbons (Fsp3) is 0.368. The summed E-state index contributed by atoms with van der Waals surface area (Å²) in [6, 6.07) is 14.3. The zero-order valence-corrected chi connectivity index (χ0v) is 13.7. The third kappa shape index (κ3) is 3.26. The van der Waals surface area contributed by atoms with E-state index in [0.717, 1.165) is 54.8 Å². The first-order chi connectivity index (χ1) is 11.9. The number of hydrogen-bond acceptors (Lipinski definition) is 4. The summed E-state index contributed by atoms with van der Waals surface area (Å²) < 4.78 is 7.31. The van der Waals surface area contributed by atoms with Crippen LogP contribution in [0.4, 0.5) is 5.82 Å². The molecule has 24 heavy (non-hydrogen) atoms. The van der Waals surface area contributed by atoms with Gasteiger partial charge in [0.1, 0.15) is 5.82 Å². The van der Waals surface area contributed by atoms with E-state index >= 15 is 0 Å². The van der Waals surface area contributed by atoms with Gasteiger partial charge in [0.15, 0.2) is 5.65 Å². The van der Waals surface area contributed by atoms with Crippen LogP contribution in [0.3, 0.4) is 0 Å². The van der Waals surface area contributed by atoms with Crippen LogP contribution in [0.2, 0.25) is 0 Å². The quantitative estimate of drug-likeness (QED) is 0.704. The Hall–Kier alpha value is -2.40. The van der Waals surface area contributed by atoms with Crippen molar-refractivity contribution in [2.24, 2.45) is 5.92 Å². The molecule has 124 valence electrons. The van der Waals surface area contributed by atoms with Crippen molar-refractivity contribution in [2.45, 2.75) is 19.3 Å². The Kier molecular flexibility index (Phi) is 4.42. The average Bonchev–Trinajstić information content (AvgIpc) is 3.30. The van der Waals surface area contributed by atoms with E-state index in [1.807, 2.05) is 28.8 Å². The molecule has 2 aromatic heterocycles. The van der Waals surface area contributed by atoms with Crippen molar-refractivity contribution in [3.8, 4) is 11.3 Å². The number of nitrogens with zero attached hydrogens (tertiary/aromatic N) is 3. The molecule has 1 aliphatic heterocycles. The molecule has 1 aliphatic rings. The molecule has 5 nitrogen and oxygen atoms in total. The van der Waals surface area contributed by atoms with E-state index in [1.165, 1.54) is 12.8 Å². The summed E-state index contributed by atoms with van der Waals surface area (Å²) in [5.41, 5.74) is 2.95. The summed E-state index contributed by atoms with van der Waals surface area (Å²) in [6.07, 6.45) is 5.35. The summed E-state index contributed by atoms with van der Waals surface area (Å²) in [6.45, 7) is 2.79. The highest BCUT2D eigenvalue weighted by atomic mass is 16.5. The normalized spacial score (nSPS) is 17.4. The van der Waals surface area contributed by atoms with Crippen LogP contribution in [0.1, 0.15) is 19.3 Å². The first-order valence-electron chi connectivity index (χ1n) is 8.62. The molecule has 0 bridgehead atoms. The number of hydrogen-bond donors (Lipinski definition) is 1. The maximum atomic E-state index is 5.44. The van der Waals surface area contributed by atoms with Crippen molar-refractivity contribution in [2.75, 3.05) is 25.1 Å². The van der Waals surface area contributed by atoms with E-state index in [4.69, 9.17) is 9.72 Å². The highest BCUT2D eigenvalue weighted by molar-refractivity contribution is 5.66. The van der Waals surface area contributed by atoms with Crippen LogP contribution >= 0.6 is 0 Å². The Balaban J connectivity index is 1.49. The fourth-order valence-electron chi connectivity index (χ4n) is 3.21. The summed E-state index contributed by atoms with van der Waals surface area (Å²) in [5.74, 6) is 1.72. The minimum atomic E-state index is 0.730. The van der Waals surface area contributed by atoms with Crippen molar-refractivity contribution in [1.29, 1.82) is 0 Å². The van der Waals surface area contributed by atoms with Gasteiger partial charge in [0, 0.05) is 37.5 Å². The Morgan fingerprint density at radius 1 is 1.21 bits per heavy atom. The first-order valence-corrected chi connectivity index (χ1v) is 8.62. The molecule has 1 fully saturated rings. The Bertz CT molecular complexity index is 793. The highest BCUT2D eigenvalue weighted by Crippen LogP contribution is 2.22. The summed E-state index contributed by atoms with van der Waals surface area (Å²) in [7, 11) is 0. The maximum absolute atomic E-state index is 5.44. The van der Waals surface area contributed by atoms with E-state index in [2.05, 4.69) is 28.6 Å². The van der Waals surface area contributed by atoms with Gasteiger partial charge >= 0.3 is 0 Å². The molecular formula is C19H22N4O. The van der Waals surface area contributed by atoms with Crippen LogP contribution in [0, 0.1) is 5.92 Å². The van der Waals surface area contributed by atoms with Crippen LogP contribution < -0.4 is 5.32 Å². The molecular weight excluding hydrogens is 300 g/mol. The molecule has 1 atom stereocenters. The SMILES string of the molecule is c1ccc(-c2cc(NCCC[C@@H]3CCOC3)n3nccc3n2)cc1. The lowest BCUT2D eigenvalue weighted by molar-refractivity contribution is 0.184. The number of nitrogens with one attached hydrogen (secondary N) is 1. The van der Waals surface area contributed by atoms with Gasteiger partial charge in [-0.25, -0.2) is 4.98 Å². The Labute approximate surface area is 141 Å². The molecule has 1 aromatic carbocycles. The number of benzene rings is 1. The van der Waals surface area contributed by atoms with Crippen molar-refractivity contribution in [3.05, 3.63) is 48.7 Å². The number of rotatable bonds is 6. The average molecular weight is 322 g/mol. The van der Waals surface area contributed by atoms with Gasteiger partial charge in [-0.2, -0.15) is 9.61 Å². The van der Waals surface area contributed by atoms with Gasteiger partial charge in [-0.05, 0) is 25.2 Å². The molecule has 0 aliphatic carbocycles. The molecule has 1 saturated heterocycles. The molecule has 0 radical (unpaired) electrons.